The number of nitrogens with zero attached hydrogens (tertiary/aromatic N) is 2. The van der Waals surface area contributed by atoms with Gasteiger partial charge in [0.2, 0.25) is 5.88 Å². The molecule has 47 heavy (non-hydrogen) atoms. The number of hydrogen-bond acceptors (Lipinski definition) is 7. The number of halogens is 1. The maximum absolute atomic E-state index is 10.3. The van der Waals surface area contributed by atoms with Crippen molar-refractivity contribution in [1.82, 2.24) is 0 Å². The van der Waals surface area contributed by atoms with Crippen LogP contribution < -0.4 is 18.9 Å². The van der Waals surface area contributed by atoms with Crippen LogP contribution in [0.4, 0.5) is 5.88 Å². The van der Waals surface area contributed by atoms with E-state index in [1.807, 2.05) is 85.8 Å². The zero-order chi connectivity index (χ0) is 32.8. The first-order valence-electron chi connectivity index (χ1n) is 15.0. The average molecular weight is 688 g/mol. The van der Waals surface area contributed by atoms with Gasteiger partial charge in [-0.1, -0.05) is 54.6 Å². The number of benzene rings is 5. The molecule has 6 aromatic rings. The standard InChI is InChI=1S/C39H31BrN2O5/c1-4-45-35-21-25(20-34(40)38(35)46-24-29-10-7-9-26-8-5-6-11-32(26)29)23-42-39-33(22-41)36(27-12-16-30(43-2)17-13-27)37(47-39)28-14-18-31(44-3)19-15-28/h5-21,23H,4,24H2,1-3H3. The predicted octanol–water partition coefficient (Wildman–Crippen LogP) is 10.1. The molecule has 1 aromatic heterocycles. The highest BCUT2D eigenvalue weighted by Crippen LogP contribution is 2.44. The summed E-state index contributed by atoms with van der Waals surface area (Å²) in [7, 11) is 3.23. The van der Waals surface area contributed by atoms with E-state index in [1.54, 1.807) is 20.4 Å². The first-order valence-corrected chi connectivity index (χ1v) is 15.8. The van der Waals surface area contributed by atoms with Gasteiger partial charge in [0.05, 0.1) is 25.3 Å². The van der Waals surface area contributed by atoms with Crippen molar-refractivity contribution in [3.63, 3.8) is 0 Å². The van der Waals surface area contributed by atoms with E-state index < -0.39 is 0 Å². The third-order valence-electron chi connectivity index (χ3n) is 7.65. The Bertz CT molecular complexity index is 2090. The fourth-order valence-electron chi connectivity index (χ4n) is 5.36. The largest absolute Gasteiger partial charge is 0.497 e. The van der Waals surface area contributed by atoms with Gasteiger partial charge < -0.3 is 23.4 Å². The molecule has 0 fully saturated rings. The summed E-state index contributed by atoms with van der Waals surface area (Å²) in [6.45, 7) is 2.74. The monoisotopic (exact) mass is 686 g/mol. The molecule has 0 aliphatic rings. The number of aliphatic imine (C=N–C) groups is 1. The van der Waals surface area contributed by atoms with Crippen molar-refractivity contribution >= 4 is 38.8 Å². The van der Waals surface area contributed by atoms with Crippen LogP contribution in [0.25, 0.3) is 33.2 Å². The van der Waals surface area contributed by atoms with Gasteiger partial charge in [0.15, 0.2) is 11.5 Å². The third-order valence-corrected chi connectivity index (χ3v) is 8.24. The summed E-state index contributed by atoms with van der Waals surface area (Å²) in [6, 6.07) is 35.5. The van der Waals surface area contributed by atoms with E-state index in [0.717, 1.165) is 33.0 Å². The molecule has 0 spiro atoms. The van der Waals surface area contributed by atoms with Gasteiger partial charge >= 0.3 is 0 Å². The molecule has 8 heteroatoms. The maximum Gasteiger partial charge on any atom is 0.238 e. The molecular formula is C39H31BrN2O5. The van der Waals surface area contributed by atoms with E-state index in [0.29, 0.717) is 57.6 Å². The Morgan fingerprint density at radius 3 is 2.19 bits per heavy atom. The number of furan rings is 1. The van der Waals surface area contributed by atoms with Crippen molar-refractivity contribution in [3.8, 4) is 51.5 Å². The Morgan fingerprint density at radius 2 is 1.51 bits per heavy atom. The second-order valence-corrected chi connectivity index (χ2v) is 11.4. The summed E-state index contributed by atoms with van der Waals surface area (Å²) < 4.78 is 30.0. The molecule has 0 saturated heterocycles. The first kappa shape index (κ1) is 31.5. The Kier molecular flexibility index (Phi) is 9.56. The van der Waals surface area contributed by atoms with Crippen molar-refractivity contribution in [3.05, 3.63) is 124 Å². The Morgan fingerprint density at radius 1 is 0.830 bits per heavy atom. The number of methoxy groups -OCH3 is 2. The number of rotatable bonds is 11. The van der Waals surface area contributed by atoms with Gasteiger partial charge in [-0.05, 0) is 98.8 Å². The molecule has 0 radical (unpaired) electrons. The van der Waals surface area contributed by atoms with Crippen LogP contribution >= 0.6 is 15.9 Å². The molecular weight excluding hydrogens is 656 g/mol. The normalized spacial score (nSPS) is 11.0. The highest BCUT2D eigenvalue weighted by atomic mass is 79.9. The van der Waals surface area contributed by atoms with Gasteiger partial charge in [-0.2, -0.15) is 5.26 Å². The molecule has 0 atom stereocenters. The molecule has 234 valence electrons. The number of ether oxygens (including phenoxy) is 4. The molecule has 0 aliphatic carbocycles. The number of nitriles is 1. The van der Waals surface area contributed by atoms with E-state index in [-0.39, 0.29) is 5.88 Å². The predicted molar refractivity (Wildman–Crippen MR) is 188 cm³/mol. The van der Waals surface area contributed by atoms with Gasteiger partial charge in [0.1, 0.15) is 35.5 Å². The van der Waals surface area contributed by atoms with Gasteiger partial charge in [0.25, 0.3) is 0 Å². The molecule has 6 rings (SSSR count). The molecule has 5 aromatic carbocycles. The van der Waals surface area contributed by atoms with Crippen LogP contribution in [-0.2, 0) is 6.61 Å². The minimum atomic E-state index is 0.189. The lowest BCUT2D eigenvalue weighted by Gasteiger charge is -2.15. The molecule has 0 N–H and O–H groups in total. The van der Waals surface area contributed by atoms with Crippen molar-refractivity contribution in [2.24, 2.45) is 4.99 Å². The van der Waals surface area contributed by atoms with Crippen LogP contribution in [0.2, 0.25) is 0 Å². The minimum Gasteiger partial charge on any atom is -0.497 e. The highest BCUT2D eigenvalue weighted by molar-refractivity contribution is 9.10. The Labute approximate surface area is 281 Å². The van der Waals surface area contributed by atoms with E-state index in [4.69, 9.17) is 23.4 Å². The van der Waals surface area contributed by atoms with Crippen molar-refractivity contribution in [1.29, 1.82) is 5.26 Å². The van der Waals surface area contributed by atoms with Crippen LogP contribution in [0.15, 0.2) is 117 Å². The lowest BCUT2D eigenvalue weighted by atomic mass is 9.98. The Hall–Kier alpha value is -5.52. The number of fused-ring (bicyclic) bond motifs is 1. The summed E-state index contributed by atoms with van der Waals surface area (Å²) in [4.78, 5) is 4.67. The fraction of sp³-hybridized carbons (Fsp3) is 0.128. The average Bonchev–Trinajstić information content (AvgIpc) is 3.49. The number of hydrogen-bond donors (Lipinski definition) is 0. The summed E-state index contributed by atoms with van der Waals surface area (Å²) in [5.74, 6) is 3.30. The van der Waals surface area contributed by atoms with E-state index >= 15 is 0 Å². The zero-order valence-electron chi connectivity index (χ0n) is 26.1. The molecule has 0 unspecified atom stereocenters. The van der Waals surface area contributed by atoms with Crippen molar-refractivity contribution in [2.75, 3.05) is 20.8 Å². The second-order valence-electron chi connectivity index (χ2n) is 10.5. The van der Waals surface area contributed by atoms with Gasteiger partial charge in [-0.15, -0.1) is 0 Å². The lowest BCUT2D eigenvalue weighted by molar-refractivity contribution is 0.268. The van der Waals surface area contributed by atoms with Crippen LogP contribution in [0.5, 0.6) is 23.0 Å². The molecule has 0 bridgehead atoms. The summed E-state index contributed by atoms with van der Waals surface area (Å²) >= 11 is 3.68. The first-order chi connectivity index (χ1) is 23.0. The molecule has 1 heterocycles. The minimum absolute atomic E-state index is 0.189. The summed E-state index contributed by atoms with van der Waals surface area (Å²) in [5, 5.41) is 12.6. The van der Waals surface area contributed by atoms with Gasteiger partial charge in [-0.25, -0.2) is 4.99 Å². The van der Waals surface area contributed by atoms with E-state index in [2.05, 4.69) is 51.3 Å². The second kappa shape index (κ2) is 14.3. The maximum atomic E-state index is 10.3. The molecule has 0 aliphatic heterocycles. The molecule has 7 nitrogen and oxygen atoms in total. The van der Waals surface area contributed by atoms with Crippen LogP contribution in [-0.4, -0.2) is 27.0 Å². The zero-order valence-corrected chi connectivity index (χ0v) is 27.7. The van der Waals surface area contributed by atoms with Crippen molar-refractivity contribution < 1.29 is 23.4 Å². The smallest absolute Gasteiger partial charge is 0.238 e. The quantitative estimate of drug-likeness (QED) is 0.126. The van der Waals surface area contributed by atoms with Gasteiger partial charge in [0, 0.05) is 17.3 Å². The highest BCUT2D eigenvalue weighted by Gasteiger charge is 2.23. The molecule has 0 amide bonds. The lowest BCUT2D eigenvalue weighted by Crippen LogP contribution is -2.02. The topological polar surface area (TPSA) is 86.2 Å². The Balaban J connectivity index is 1.36. The van der Waals surface area contributed by atoms with E-state index in [9.17, 15) is 5.26 Å². The third kappa shape index (κ3) is 6.71. The van der Waals surface area contributed by atoms with Gasteiger partial charge in [-0.3, -0.25) is 0 Å². The van der Waals surface area contributed by atoms with Crippen molar-refractivity contribution in [2.45, 2.75) is 13.5 Å². The fourth-order valence-corrected chi connectivity index (χ4v) is 5.93. The summed E-state index contributed by atoms with van der Waals surface area (Å²) in [6.07, 6.45) is 1.65. The summed E-state index contributed by atoms with van der Waals surface area (Å²) in [5.41, 5.74) is 4.34. The van der Waals surface area contributed by atoms with Crippen LogP contribution in [0.3, 0.4) is 0 Å². The van der Waals surface area contributed by atoms with Crippen LogP contribution in [0.1, 0.15) is 23.6 Å². The van der Waals surface area contributed by atoms with E-state index in [1.165, 1.54) is 0 Å². The molecule has 0 saturated carbocycles. The van der Waals surface area contributed by atoms with Crippen LogP contribution in [0, 0.1) is 11.3 Å². The SMILES string of the molecule is CCOc1cc(C=Nc2oc(-c3ccc(OC)cc3)c(-c3ccc(OC)cc3)c2C#N)cc(Br)c1OCc1cccc2ccccc12.